The molecule has 0 aromatic heterocycles. The molecule has 4 nitrogen and oxygen atoms in total. The van der Waals surface area contributed by atoms with Crippen molar-refractivity contribution in [3.05, 3.63) is 59.1 Å². The number of nitrogens with one attached hydrogen (secondary N) is 2. The van der Waals surface area contributed by atoms with Gasteiger partial charge in [-0.1, -0.05) is 48.9 Å². The van der Waals surface area contributed by atoms with Gasteiger partial charge in [0.15, 0.2) is 0 Å². The smallest absolute Gasteiger partial charge is 0.224 e. The molecule has 0 saturated carbocycles. The maximum absolute atomic E-state index is 12.1. The van der Waals surface area contributed by atoms with Crippen LogP contribution in [0.25, 0.3) is 0 Å². The minimum atomic E-state index is -0.0881. The van der Waals surface area contributed by atoms with Gasteiger partial charge < -0.3 is 10.6 Å². The zero-order valence-electron chi connectivity index (χ0n) is 14.3. The van der Waals surface area contributed by atoms with E-state index in [1.165, 1.54) is 5.56 Å². The number of amides is 2. The highest BCUT2D eigenvalue weighted by atomic mass is 35.5. The summed E-state index contributed by atoms with van der Waals surface area (Å²) in [7, 11) is 0. The van der Waals surface area contributed by atoms with Gasteiger partial charge in [-0.05, 0) is 43.0 Å². The third-order valence-electron chi connectivity index (χ3n) is 3.71. The summed E-state index contributed by atoms with van der Waals surface area (Å²) in [5.74, 6) is -0.139. The molecule has 2 aromatic rings. The Morgan fingerprint density at radius 1 is 0.960 bits per heavy atom. The molecule has 0 bridgehead atoms. The molecule has 0 aliphatic heterocycles. The van der Waals surface area contributed by atoms with Crippen LogP contribution in [0.1, 0.15) is 38.2 Å². The maximum atomic E-state index is 12.1. The molecule has 0 atom stereocenters. The number of aryl methyl sites for hydroxylation is 1. The van der Waals surface area contributed by atoms with Crippen LogP contribution >= 0.6 is 11.6 Å². The van der Waals surface area contributed by atoms with Gasteiger partial charge in [-0.25, -0.2) is 0 Å². The monoisotopic (exact) mass is 358 g/mol. The third-order valence-corrected chi connectivity index (χ3v) is 4.04. The van der Waals surface area contributed by atoms with Crippen LogP contribution in [-0.4, -0.2) is 11.8 Å². The second-order valence-corrected chi connectivity index (χ2v) is 6.29. The standard InChI is InChI=1S/C20H23ClN2O2/c1-2-7-19(24)22-16-12-13-17(21)18(14-16)23-20(25)11-6-10-15-8-4-3-5-9-15/h3-5,8-9,12-14H,2,6-7,10-11H2,1H3,(H,22,24)(H,23,25). The molecule has 0 unspecified atom stereocenters. The molecule has 5 heteroatoms. The average molecular weight is 359 g/mol. The van der Waals surface area contributed by atoms with Gasteiger partial charge in [-0.2, -0.15) is 0 Å². The van der Waals surface area contributed by atoms with Gasteiger partial charge in [0.05, 0.1) is 10.7 Å². The summed E-state index contributed by atoms with van der Waals surface area (Å²) in [6.45, 7) is 1.95. The number of hydrogen-bond donors (Lipinski definition) is 2. The summed E-state index contributed by atoms with van der Waals surface area (Å²) < 4.78 is 0. The topological polar surface area (TPSA) is 58.2 Å². The molecule has 0 radical (unpaired) electrons. The molecular formula is C20H23ClN2O2. The van der Waals surface area contributed by atoms with E-state index in [1.54, 1.807) is 18.2 Å². The summed E-state index contributed by atoms with van der Waals surface area (Å²) in [5.41, 5.74) is 2.36. The van der Waals surface area contributed by atoms with Gasteiger partial charge in [-0.3, -0.25) is 9.59 Å². The van der Waals surface area contributed by atoms with Crippen LogP contribution in [-0.2, 0) is 16.0 Å². The van der Waals surface area contributed by atoms with Gasteiger partial charge in [0.25, 0.3) is 0 Å². The molecule has 0 spiro atoms. The lowest BCUT2D eigenvalue weighted by Gasteiger charge is -2.10. The zero-order chi connectivity index (χ0) is 18.1. The van der Waals surface area contributed by atoms with Crippen LogP contribution < -0.4 is 10.6 Å². The highest BCUT2D eigenvalue weighted by Gasteiger charge is 2.08. The normalized spacial score (nSPS) is 10.3. The molecule has 0 fully saturated rings. The van der Waals surface area contributed by atoms with Crippen molar-refractivity contribution >= 4 is 34.8 Å². The number of hydrogen-bond acceptors (Lipinski definition) is 2. The van der Waals surface area contributed by atoms with Gasteiger partial charge in [0, 0.05) is 18.5 Å². The fourth-order valence-corrected chi connectivity index (χ4v) is 2.62. The molecule has 2 rings (SSSR count). The summed E-state index contributed by atoms with van der Waals surface area (Å²) in [6.07, 6.45) is 3.28. The van der Waals surface area contributed by atoms with Gasteiger partial charge in [-0.15, -0.1) is 0 Å². The minimum Gasteiger partial charge on any atom is -0.326 e. The van der Waals surface area contributed by atoms with Crippen molar-refractivity contribution in [3.63, 3.8) is 0 Å². The Balaban J connectivity index is 1.87. The van der Waals surface area contributed by atoms with E-state index in [-0.39, 0.29) is 11.8 Å². The lowest BCUT2D eigenvalue weighted by atomic mass is 10.1. The molecule has 25 heavy (non-hydrogen) atoms. The van der Waals surface area contributed by atoms with Crippen LogP contribution in [0.15, 0.2) is 48.5 Å². The van der Waals surface area contributed by atoms with Crippen LogP contribution in [0.5, 0.6) is 0 Å². The first-order valence-electron chi connectivity index (χ1n) is 8.51. The minimum absolute atomic E-state index is 0.0510. The lowest BCUT2D eigenvalue weighted by Crippen LogP contribution is -2.13. The largest absolute Gasteiger partial charge is 0.326 e. The molecular weight excluding hydrogens is 336 g/mol. The summed E-state index contributed by atoms with van der Waals surface area (Å²) in [6, 6.07) is 15.1. The molecule has 0 aliphatic rings. The van der Waals surface area contributed by atoms with Crippen molar-refractivity contribution < 1.29 is 9.59 Å². The Morgan fingerprint density at radius 3 is 2.40 bits per heavy atom. The fraction of sp³-hybridized carbons (Fsp3) is 0.300. The van der Waals surface area contributed by atoms with E-state index < -0.39 is 0 Å². The Kier molecular flexibility index (Phi) is 7.48. The predicted octanol–water partition coefficient (Wildman–Crippen LogP) is 5.04. The Morgan fingerprint density at radius 2 is 1.68 bits per heavy atom. The number of carbonyl (C=O) groups is 2. The lowest BCUT2D eigenvalue weighted by molar-refractivity contribution is -0.117. The Hall–Kier alpha value is -2.33. The van der Waals surface area contributed by atoms with Crippen LogP contribution in [0, 0.1) is 0 Å². The van der Waals surface area contributed by atoms with E-state index in [4.69, 9.17) is 11.6 Å². The van der Waals surface area contributed by atoms with Gasteiger partial charge in [0.1, 0.15) is 0 Å². The van der Waals surface area contributed by atoms with Crippen molar-refractivity contribution in [2.45, 2.75) is 39.0 Å². The van der Waals surface area contributed by atoms with Crippen molar-refractivity contribution in [1.82, 2.24) is 0 Å². The third kappa shape index (κ3) is 6.59. The van der Waals surface area contributed by atoms with Crippen LogP contribution in [0.3, 0.4) is 0 Å². The quantitative estimate of drug-likeness (QED) is 0.694. The van der Waals surface area contributed by atoms with E-state index in [1.807, 2.05) is 25.1 Å². The number of carbonyl (C=O) groups excluding carboxylic acids is 2. The predicted molar refractivity (Wildman–Crippen MR) is 103 cm³/mol. The van der Waals surface area contributed by atoms with E-state index in [9.17, 15) is 9.59 Å². The molecule has 2 aromatic carbocycles. The Labute approximate surface area is 153 Å². The van der Waals surface area contributed by atoms with E-state index in [0.717, 1.165) is 19.3 Å². The molecule has 2 N–H and O–H groups in total. The van der Waals surface area contributed by atoms with E-state index in [0.29, 0.717) is 29.2 Å². The maximum Gasteiger partial charge on any atom is 0.224 e. The number of rotatable bonds is 8. The van der Waals surface area contributed by atoms with Crippen molar-refractivity contribution in [2.24, 2.45) is 0 Å². The van der Waals surface area contributed by atoms with E-state index in [2.05, 4.69) is 22.8 Å². The zero-order valence-corrected chi connectivity index (χ0v) is 15.1. The average Bonchev–Trinajstić information content (AvgIpc) is 2.59. The summed E-state index contributed by atoms with van der Waals surface area (Å²) in [4.78, 5) is 23.8. The van der Waals surface area contributed by atoms with Crippen LogP contribution in [0.4, 0.5) is 11.4 Å². The number of benzene rings is 2. The molecule has 0 saturated heterocycles. The molecule has 2 amide bonds. The number of halogens is 1. The molecule has 0 aliphatic carbocycles. The Bertz CT molecular complexity index is 717. The second-order valence-electron chi connectivity index (χ2n) is 5.88. The molecule has 132 valence electrons. The van der Waals surface area contributed by atoms with Crippen molar-refractivity contribution in [3.8, 4) is 0 Å². The summed E-state index contributed by atoms with van der Waals surface area (Å²) >= 11 is 6.14. The van der Waals surface area contributed by atoms with Crippen LogP contribution in [0.2, 0.25) is 5.02 Å². The van der Waals surface area contributed by atoms with Crippen molar-refractivity contribution in [2.75, 3.05) is 10.6 Å². The second kappa shape index (κ2) is 9.84. The van der Waals surface area contributed by atoms with Gasteiger partial charge >= 0.3 is 0 Å². The number of anilines is 2. The first-order valence-corrected chi connectivity index (χ1v) is 8.89. The molecule has 0 heterocycles. The SMILES string of the molecule is CCCC(=O)Nc1ccc(Cl)c(NC(=O)CCCc2ccccc2)c1. The highest BCUT2D eigenvalue weighted by molar-refractivity contribution is 6.33. The highest BCUT2D eigenvalue weighted by Crippen LogP contribution is 2.26. The summed E-state index contributed by atoms with van der Waals surface area (Å²) in [5, 5.41) is 6.07. The first kappa shape index (κ1) is 19.0. The van der Waals surface area contributed by atoms with Crippen molar-refractivity contribution in [1.29, 1.82) is 0 Å². The van der Waals surface area contributed by atoms with E-state index >= 15 is 0 Å². The first-order chi connectivity index (χ1) is 12.1. The fourth-order valence-electron chi connectivity index (χ4n) is 2.46. The van der Waals surface area contributed by atoms with Gasteiger partial charge in [0.2, 0.25) is 11.8 Å².